The molecule has 10 heteroatoms. The van der Waals surface area contributed by atoms with Gasteiger partial charge in [0.2, 0.25) is 5.91 Å². The molecule has 2 aliphatic rings. The molecule has 2 fully saturated rings. The van der Waals surface area contributed by atoms with Crippen molar-refractivity contribution in [1.82, 2.24) is 30.1 Å². The Hall–Kier alpha value is -2.82. The van der Waals surface area contributed by atoms with Crippen LogP contribution in [0.15, 0.2) is 24.3 Å². The summed E-state index contributed by atoms with van der Waals surface area (Å²) in [7, 11) is 1.70. The summed E-state index contributed by atoms with van der Waals surface area (Å²) >= 11 is 0. The SMILES string of the molecule is COCCCCc1c(C(=O)N(CC(C)C)[C@@H]2CNC[C@H](C(=O)N3CCOCC3)C2)nnn1-c1ccc(C)cc1. The van der Waals surface area contributed by atoms with E-state index >= 15 is 0 Å². The zero-order valence-electron chi connectivity index (χ0n) is 23.9. The molecular formula is C29H44N6O4. The van der Waals surface area contributed by atoms with Crippen LogP contribution in [0, 0.1) is 18.8 Å². The van der Waals surface area contributed by atoms with Gasteiger partial charge in [-0.3, -0.25) is 9.59 Å². The van der Waals surface area contributed by atoms with E-state index in [1.165, 1.54) is 0 Å². The first-order valence-corrected chi connectivity index (χ1v) is 14.3. The Morgan fingerprint density at radius 2 is 1.90 bits per heavy atom. The monoisotopic (exact) mass is 540 g/mol. The van der Waals surface area contributed by atoms with E-state index in [-0.39, 0.29) is 29.7 Å². The van der Waals surface area contributed by atoms with Crippen molar-refractivity contribution < 1.29 is 19.1 Å². The van der Waals surface area contributed by atoms with Crippen LogP contribution in [0.1, 0.15) is 54.9 Å². The molecule has 0 unspecified atom stereocenters. The fraction of sp³-hybridized carbons (Fsp3) is 0.655. The quantitative estimate of drug-likeness (QED) is 0.437. The van der Waals surface area contributed by atoms with E-state index < -0.39 is 0 Å². The molecule has 0 spiro atoms. The summed E-state index contributed by atoms with van der Waals surface area (Å²) in [6.07, 6.45) is 3.05. The normalized spacial score (nSPS) is 19.9. The van der Waals surface area contributed by atoms with Gasteiger partial charge < -0.3 is 24.6 Å². The van der Waals surface area contributed by atoms with Crippen molar-refractivity contribution in [3.05, 3.63) is 41.2 Å². The first-order chi connectivity index (χ1) is 18.9. The average Bonchev–Trinajstić information content (AvgIpc) is 3.38. The number of piperidine rings is 1. The molecule has 3 heterocycles. The molecule has 4 rings (SSSR count). The van der Waals surface area contributed by atoms with Gasteiger partial charge in [-0.05, 0) is 50.7 Å². The lowest BCUT2D eigenvalue weighted by atomic mass is 9.92. The number of hydrogen-bond acceptors (Lipinski definition) is 7. The molecule has 2 saturated heterocycles. The molecule has 2 aliphatic heterocycles. The van der Waals surface area contributed by atoms with Crippen molar-refractivity contribution >= 4 is 11.8 Å². The van der Waals surface area contributed by atoms with E-state index in [2.05, 4.69) is 29.5 Å². The molecule has 0 radical (unpaired) electrons. The van der Waals surface area contributed by atoms with Gasteiger partial charge in [0.1, 0.15) is 0 Å². The average molecular weight is 541 g/mol. The van der Waals surface area contributed by atoms with Crippen LogP contribution in [-0.2, 0) is 20.7 Å². The van der Waals surface area contributed by atoms with Crippen LogP contribution in [0.3, 0.4) is 0 Å². The van der Waals surface area contributed by atoms with Gasteiger partial charge in [-0.2, -0.15) is 0 Å². The smallest absolute Gasteiger partial charge is 0.276 e. The largest absolute Gasteiger partial charge is 0.385 e. The number of aryl methyl sites for hydroxylation is 1. The van der Waals surface area contributed by atoms with Crippen LogP contribution in [0.4, 0.5) is 0 Å². The first kappa shape index (κ1) is 29.2. The fourth-order valence-corrected chi connectivity index (χ4v) is 5.44. The minimum atomic E-state index is -0.166. The van der Waals surface area contributed by atoms with E-state index in [1.54, 1.807) is 11.8 Å². The molecule has 2 amide bonds. The molecule has 1 N–H and O–H groups in total. The molecule has 2 aromatic rings. The summed E-state index contributed by atoms with van der Waals surface area (Å²) in [5, 5.41) is 12.3. The number of unbranched alkanes of at least 4 members (excludes halogenated alkanes) is 1. The fourth-order valence-electron chi connectivity index (χ4n) is 5.44. The molecule has 2 atom stereocenters. The van der Waals surface area contributed by atoms with Gasteiger partial charge >= 0.3 is 0 Å². The van der Waals surface area contributed by atoms with Crippen LogP contribution < -0.4 is 5.32 Å². The highest BCUT2D eigenvalue weighted by molar-refractivity contribution is 5.94. The maximum Gasteiger partial charge on any atom is 0.276 e. The molecule has 1 aromatic carbocycles. The third kappa shape index (κ3) is 7.43. The van der Waals surface area contributed by atoms with Crippen molar-refractivity contribution in [2.24, 2.45) is 11.8 Å². The van der Waals surface area contributed by atoms with Gasteiger partial charge in [0, 0.05) is 52.5 Å². The molecule has 10 nitrogen and oxygen atoms in total. The highest BCUT2D eigenvalue weighted by Gasteiger charge is 2.37. The number of nitrogens with zero attached hydrogens (tertiary/aromatic N) is 5. The second kappa shape index (κ2) is 14.0. The van der Waals surface area contributed by atoms with Crippen molar-refractivity contribution in [3.63, 3.8) is 0 Å². The minimum absolute atomic E-state index is 0.102. The topological polar surface area (TPSA) is 102 Å². The highest BCUT2D eigenvalue weighted by Crippen LogP contribution is 2.24. The Kier molecular flexibility index (Phi) is 10.5. The van der Waals surface area contributed by atoms with Crippen LogP contribution in [0.2, 0.25) is 0 Å². The summed E-state index contributed by atoms with van der Waals surface area (Å²) in [5.41, 5.74) is 3.26. The third-order valence-corrected chi connectivity index (χ3v) is 7.52. The number of carbonyl (C=O) groups is 2. The summed E-state index contributed by atoms with van der Waals surface area (Å²) in [6, 6.07) is 8.00. The van der Waals surface area contributed by atoms with Crippen LogP contribution in [0.25, 0.3) is 5.69 Å². The maximum atomic E-state index is 14.2. The molecule has 214 valence electrons. The van der Waals surface area contributed by atoms with E-state index in [4.69, 9.17) is 9.47 Å². The van der Waals surface area contributed by atoms with Gasteiger partial charge in [0.25, 0.3) is 5.91 Å². The maximum absolute atomic E-state index is 14.2. The lowest BCUT2D eigenvalue weighted by Crippen LogP contribution is -2.56. The Balaban J connectivity index is 1.59. The Morgan fingerprint density at radius 3 is 2.59 bits per heavy atom. The summed E-state index contributed by atoms with van der Waals surface area (Å²) in [6.45, 7) is 11.2. The van der Waals surface area contributed by atoms with Gasteiger partial charge in [-0.1, -0.05) is 36.8 Å². The van der Waals surface area contributed by atoms with E-state index in [1.807, 2.05) is 41.0 Å². The van der Waals surface area contributed by atoms with Gasteiger partial charge in [0.05, 0.1) is 30.5 Å². The van der Waals surface area contributed by atoms with Gasteiger partial charge in [-0.15, -0.1) is 5.10 Å². The number of ether oxygens (including phenoxy) is 2. The Bertz CT molecular complexity index is 1080. The van der Waals surface area contributed by atoms with Crippen LogP contribution in [-0.4, -0.2) is 102 Å². The standard InChI is InChI=1S/C29H44N6O4/c1-21(2)20-34(25-17-23(18-30-19-25)28(36)33-12-15-39-16-13-33)29(37)27-26(7-5-6-14-38-4)35(32-31-27)24-10-8-22(3)9-11-24/h8-11,21,23,25,30H,5-7,12-20H2,1-4H3/t23-,25+/m1/s1. The lowest BCUT2D eigenvalue weighted by molar-refractivity contribution is -0.140. The number of hydrogen-bond donors (Lipinski definition) is 1. The minimum Gasteiger partial charge on any atom is -0.385 e. The molecule has 0 saturated carbocycles. The number of methoxy groups -OCH3 is 1. The predicted molar refractivity (Wildman–Crippen MR) is 149 cm³/mol. The zero-order chi connectivity index (χ0) is 27.8. The molecule has 0 bridgehead atoms. The van der Waals surface area contributed by atoms with Crippen LogP contribution in [0.5, 0.6) is 0 Å². The number of carbonyl (C=O) groups excluding carboxylic acids is 2. The van der Waals surface area contributed by atoms with Crippen molar-refractivity contribution in [1.29, 1.82) is 0 Å². The van der Waals surface area contributed by atoms with E-state index in [9.17, 15) is 9.59 Å². The highest BCUT2D eigenvalue weighted by atomic mass is 16.5. The number of aromatic nitrogens is 3. The van der Waals surface area contributed by atoms with Crippen molar-refractivity contribution in [2.45, 2.75) is 52.5 Å². The van der Waals surface area contributed by atoms with Crippen molar-refractivity contribution in [2.75, 3.05) is 59.7 Å². The second-order valence-electron chi connectivity index (χ2n) is 11.1. The summed E-state index contributed by atoms with van der Waals surface area (Å²) in [5.74, 6) is 0.134. The molecule has 39 heavy (non-hydrogen) atoms. The number of nitrogens with one attached hydrogen (secondary N) is 1. The Morgan fingerprint density at radius 1 is 1.15 bits per heavy atom. The zero-order valence-corrected chi connectivity index (χ0v) is 23.9. The van der Waals surface area contributed by atoms with Crippen molar-refractivity contribution in [3.8, 4) is 5.69 Å². The van der Waals surface area contributed by atoms with Crippen LogP contribution >= 0.6 is 0 Å². The van der Waals surface area contributed by atoms with Gasteiger partial charge in [-0.25, -0.2) is 4.68 Å². The molecular weight excluding hydrogens is 496 g/mol. The number of morpholine rings is 1. The molecule has 1 aromatic heterocycles. The number of benzene rings is 1. The molecule has 0 aliphatic carbocycles. The second-order valence-corrected chi connectivity index (χ2v) is 11.1. The summed E-state index contributed by atoms with van der Waals surface area (Å²) < 4.78 is 12.5. The summed E-state index contributed by atoms with van der Waals surface area (Å²) in [4.78, 5) is 31.3. The number of rotatable bonds is 11. The van der Waals surface area contributed by atoms with Gasteiger partial charge in [0.15, 0.2) is 5.69 Å². The number of amides is 2. The first-order valence-electron chi connectivity index (χ1n) is 14.3. The predicted octanol–water partition coefficient (Wildman–Crippen LogP) is 2.48. The third-order valence-electron chi connectivity index (χ3n) is 7.52. The van der Waals surface area contributed by atoms with E-state index in [0.717, 1.165) is 29.8 Å². The Labute approximate surface area is 232 Å². The van der Waals surface area contributed by atoms with E-state index in [0.29, 0.717) is 71.1 Å². The lowest BCUT2D eigenvalue weighted by Gasteiger charge is -2.40.